The first-order valence-corrected chi connectivity index (χ1v) is 8.94. The summed E-state index contributed by atoms with van der Waals surface area (Å²) in [7, 11) is 0. The van der Waals surface area contributed by atoms with Gasteiger partial charge in [0.1, 0.15) is 6.61 Å². The average Bonchev–Trinajstić information content (AvgIpc) is 2.60. The molecule has 3 fully saturated rings. The van der Waals surface area contributed by atoms with Crippen LogP contribution >= 0.6 is 0 Å². The molecule has 4 atom stereocenters. The third-order valence-corrected chi connectivity index (χ3v) is 5.31. The number of rotatable bonds is 5. The number of carbonyl (C=O) groups is 2. The van der Waals surface area contributed by atoms with Crippen LogP contribution < -0.4 is 5.32 Å². The highest BCUT2D eigenvalue weighted by Crippen LogP contribution is 2.53. The molecule has 142 valence electrons. The number of carbonyl (C=O) groups excluding carboxylic acids is 2. The number of benzene rings is 1. The van der Waals surface area contributed by atoms with Crippen molar-refractivity contribution in [1.29, 1.82) is 0 Å². The predicted molar refractivity (Wildman–Crippen MR) is 89.5 cm³/mol. The first-order chi connectivity index (χ1) is 12.4. The Morgan fingerprint density at radius 2 is 1.92 bits per heavy atom. The standard InChI is InChI=1S/C19H23F2NO4/c1-2-25-17(23)15-13-8-9-14(19(20,21)10-13)16(15)22-18(24)26-11-12-6-4-3-5-7-12/h3-7,13-16H,2,8-11H2,1H3,(H,22,24)/t13-,14-,15+,16+/m1/s1. The van der Waals surface area contributed by atoms with Gasteiger partial charge in [-0.25, -0.2) is 13.6 Å². The summed E-state index contributed by atoms with van der Waals surface area (Å²) in [6.07, 6.45) is -0.312. The van der Waals surface area contributed by atoms with E-state index in [2.05, 4.69) is 5.32 Å². The Morgan fingerprint density at radius 1 is 1.19 bits per heavy atom. The molecule has 26 heavy (non-hydrogen) atoms. The van der Waals surface area contributed by atoms with Crippen LogP contribution in [0.5, 0.6) is 0 Å². The molecular weight excluding hydrogens is 344 g/mol. The molecule has 0 saturated heterocycles. The van der Waals surface area contributed by atoms with Crippen molar-refractivity contribution in [3.05, 3.63) is 35.9 Å². The van der Waals surface area contributed by atoms with Crippen LogP contribution in [-0.4, -0.2) is 30.6 Å². The Bertz CT molecular complexity index is 652. The number of halogens is 2. The number of nitrogens with one attached hydrogen (secondary N) is 1. The van der Waals surface area contributed by atoms with E-state index in [0.717, 1.165) is 5.56 Å². The largest absolute Gasteiger partial charge is 0.466 e. The van der Waals surface area contributed by atoms with Gasteiger partial charge in [0, 0.05) is 12.3 Å². The van der Waals surface area contributed by atoms with E-state index >= 15 is 0 Å². The van der Waals surface area contributed by atoms with Crippen LogP contribution in [0.15, 0.2) is 30.3 Å². The molecule has 0 radical (unpaired) electrons. The third-order valence-electron chi connectivity index (χ3n) is 5.31. The minimum atomic E-state index is -2.90. The number of hydrogen-bond acceptors (Lipinski definition) is 4. The van der Waals surface area contributed by atoms with E-state index < -0.39 is 41.8 Å². The second kappa shape index (κ2) is 7.60. The topological polar surface area (TPSA) is 64.6 Å². The van der Waals surface area contributed by atoms with Crippen molar-refractivity contribution < 1.29 is 27.8 Å². The minimum absolute atomic E-state index is 0.0357. The van der Waals surface area contributed by atoms with Crippen LogP contribution in [-0.2, 0) is 20.9 Å². The summed E-state index contributed by atoms with van der Waals surface area (Å²) in [5.41, 5.74) is 0.792. The van der Waals surface area contributed by atoms with Crippen LogP contribution in [0.25, 0.3) is 0 Å². The summed E-state index contributed by atoms with van der Waals surface area (Å²) in [6, 6.07) is 8.09. The van der Waals surface area contributed by atoms with Gasteiger partial charge in [-0.05, 0) is 31.2 Å². The number of amides is 1. The lowest BCUT2D eigenvalue weighted by atomic mass is 9.60. The van der Waals surface area contributed by atoms with Gasteiger partial charge in [-0.2, -0.15) is 0 Å². The Labute approximate surface area is 151 Å². The molecule has 4 rings (SSSR count). The molecule has 3 saturated carbocycles. The fourth-order valence-corrected chi connectivity index (χ4v) is 4.17. The molecule has 3 aliphatic rings. The monoisotopic (exact) mass is 367 g/mol. The zero-order chi connectivity index (χ0) is 18.7. The number of fused-ring (bicyclic) bond motifs is 3. The number of alkyl halides is 2. The van der Waals surface area contributed by atoms with Crippen molar-refractivity contribution in [3.8, 4) is 0 Å². The van der Waals surface area contributed by atoms with Crippen molar-refractivity contribution in [3.63, 3.8) is 0 Å². The Hall–Kier alpha value is -2.18. The molecule has 0 aromatic heterocycles. The minimum Gasteiger partial charge on any atom is -0.466 e. The molecule has 0 spiro atoms. The number of hydrogen-bond donors (Lipinski definition) is 1. The van der Waals surface area contributed by atoms with Gasteiger partial charge in [0.2, 0.25) is 0 Å². The molecule has 7 heteroatoms. The number of ether oxygens (including phenoxy) is 2. The van der Waals surface area contributed by atoms with Gasteiger partial charge in [-0.15, -0.1) is 0 Å². The summed E-state index contributed by atoms with van der Waals surface area (Å²) >= 11 is 0. The molecule has 5 nitrogen and oxygen atoms in total. The molecule has 1 aromatic rings. The highest BCUT2D eigenvalue weighted by Gasteiger charge is 2.60. The third kappa shape index (κ3) is 3.81. The zero-order valence-electron chi connectivity index (χ0n) is 14.6. The fraction of sp³-hybridized carbons (Fsp3) is 0.579. The summed E-state index contributed by atoms with van der Waals surface area (Å²) in [4.78, 5) is 24.5. The first kappa shape index (κ1) is 18.6. The number of esters is 1. The maximum atomic E-state index is 14.3. The molecule has 0 aliphatic heterocycles. The van der Waals surface area contributed by atoms with Crippen LogP contribution in [0.4, 0.5) is 13.6 Å². The smallest absolute Gasteiger partial charge is 0.407 e. The van der Waals surface area contributed by atoms with Gasteiger partial charge in [0.15, 0.2) is 0 Å². The lowest BCUT2D eigenvalue weighted by Gasteiger charge is -2.50. The Balaban J connectivity index is 1.69. The van der Waals surface area contributed by atoms with Crippen molar-refractivity contribution in [2.45, 2.75) is 44.8 Å². The SMILES string of the molecule is CCOC(=O)[C@H]1[C@@H]2CC[C@H]([C@@H]1NC(=O)OCc1ccccc1)C(F)(F)C2. The zero-order valence-corrected chi connectivity index (χ0v) is 14.6. The van der Waals surface area contributed by atoms with Crippen LogP contribution in [0.1, 0.15) is 31.7 Å². The summed E-state index contributed by atoms with van der Waals surface area (Å²) < 4.78 is 38.9. The molecule has 1 amide bonds. The summed E-state index contributed by atoms with van der Waals surface area (Å²) in [6.45, 7) is 1.88. The molecule has 3 aliphatic carbocycles. The van der Waals surface area contributed by atoms with Gasteiger partial charge in [-0.3, -0.25) is 4.79 Å². The van der Waals surface area contributed by atoms with Crippen molar-refractivity contribution >= 4 is 12.1 Å². The maximum absolute atomic E-state index is 14.3. The maximum Gasteiger partial charge on any atom is 0.407 e. The van der Waals surface area contributed by atoms with Crippen molar-refractivity contribution in [2.24, 2.45) is 17.8 Å². The summed E-state index contributed by atoms with van der Waals surface area (Å²) in [5, 5.41) is 2.52. The van der Waals surface area contributed by atoms with Crippen LogP contribution in [0, 0.1) is 17.8 Å². The van der Waals surface area contributed by atoms with Gasteiger partial charge in [0.05, 0.1) is 18.6 Å². The quantitative estimate of drug-likeness (QED) is 0.809. The van der Waals surface area contributed by atoms with Crippen molar-refractivity contribution in [1.82, 2.24) is 5.32 Å². The van der Waals surface area contributed by atoms with Gasteiger partial charge in [0.25, 0.3) is 5.92 Å². The highest BCUT2D eigenvalue weighted by molar-refractivity contribution is 5.76. The van der Waals surface area contributed by atoms with E-state index in [0.29, 0.717) is 6.42 Å². The van der Waals surface area contributed by atoms with Crippen LogP contribution in [0.3, 0.4) is 0 Å². The van der Waals surface area contributed by atoms with Crippen molar-refractivity contribution in [2.75, 3.05) is 6.61 Å². The molecular formula is C19H23F2NO4. The average molecular weight is 367 g/mol. The molecule has 2 bridgehead atoms. The van der Waals surface area contributed by atoms with E-state index in [1.54, 1.807) is 19.1 Å². The second-order valence-electron chi connectivity index (χ2n) is 6.92. The molecule has 0 heterocycles. The Kier molecular flexibility index (Phi) is 5.44. The molecule has 1 aromatic carbocycles. The van der Waals surface area contributed by atoms with Crippen LogP contribution in [0.2, 0.25) is 0 Å². The van der Waals surface area contributed by atoms with Gasteiger partial charge in [-0.1, -0.05) is 30.3 Å². The normalized spacial score (nSPS) is 29.0. The molecule has 0 unspecified atom stereocenters. The van der Waals surface area contributed by atoms with E-state index in [-0.39, 0.29) is 26.1 Å². The first-order valence-electron chi connectivity index (χ1n) is 8.94. The van der Waals surface area contributed by atoms with E-state index in [4.69, 9.17) is 9.47 Å². The van der Waals surface area contributed by atoms with Gasteiger partial charge >= 0.3 is 12.1 Å². The Morgan fingerprint density at radius 3 is 2.58 bits per heavy atom. The second-order valence-corrected chi connectivity index (χ2v) is 6.92. The highest BCUT2D eigenvalue weighted by atomic mass is 19.3. The van der Waals surface area contributed by atoms with E-state index in [1.165, 1.54) is 0 Å². The fourth-order valence-electron chi connectivity index (χ4n) is 4.17. The van der Waals surface area contributed by atoms with Gasteiger partial charge < -0.3 is 14.8 Å². The lowest BCUT2D eigenvalue weighted by Crippen LogP contribution is -2.62. The lowest BCUT2D eigenvalue weighted by molar-refractivity contribution is -0.184. The van der Waals surface area contributed by atoms with E-state index in [9.17, 15) is 18.4 Å². The number of alkyl carbamates (subject to hydrolysis) is 1. The predicted octanol–water partition coefficient (Wildman–Crippen LogP) is 3.53. The molecule has 1 N–H and O–H groups in total. The summed E-state index contributed by atoms with van der Waals surface area (Å²) in [5.74, 6) is -5.74. The van der Waals surface area contributed by atoms with E-state index in [1.807, 2.05) is 18.2 Å².